The summed E-state index contributed by atoms with van der Waals surface area (Å²) in [6, 6.07) is 0.133. The Morgan fingerprint density at radius 1 is 1.47 bits per heavy atom. The van der Waals surface area contributed by atoms with Crippen LogP contribution in [0, 0.1) is 0 Å². The summed E-state index contributed by atoms with van der Waals surface area (Å²) >= 11 is 0. The molecule has 0 radical (unpaired) electrons. The minimum Gasteiger partial charge on any atom is -0.346 e. The molecular formula is C13H21N5O. The average Bonchev–Trinajstić information content (AvgIpc) is 2.91. The van der Waals surface area contributed by atoms with Gasteiger partial charge in [-0.3, -0.25) is 9.89 Å². The van der Waals surface area contributed by atoms with Crippen LogP contribution in [-0.2, 0) is 0 Å². The third-order valence-electron chi connectivity index (χ3n) is 3.78. The third kappa shape index (κ3) is 3.12. The lowest BCUT2D eigenvalue weighted by atomic mass is 10.3. The minimum atomic E-state index is -0.171. The number of aromatic nitrogens is 3. The third-order valence-corrected chi connectivity index (χ3v) is 3.78. The number of H-pyrrole nitrogens is 1. The zero-order valence-corrected chi connectivity index (χ0v) is 11.4. The van der Waals surface area contributed by atoms with Crippen LogP contribution in [-0.4, -0.2) is 51.7 Å². The second-order valence-electron chi connectivity index (χ2n) is 5.70. The number of rotatable bonds is 5. The number of nitrogens with zero attached hydrogens (tertiary/aromatic N) is 3. The predicted molar refractivity (Wildman–Crippen MR) is 71.0 cm³/mol. The van der Waals surface area contributed by atoms with E-state index >= 15 is 0 Å². The standard InChI is InChI=1S/C13H21N5O/c1-9(8-18-6-2-3-7-18)14-13(19)12-15-11(16-17-12)10-4-5-10/h9-10H,2-8H2,1H3,(H,14,19)(H,15,16,17). The fraction of sp³-hybridized carbons (Fsp3) is 0.769. The van der Waals surface area contributed by atoms with Crippen LogP contribution in [0.3, 0.4) is 0 Å². The molecule has 2 fully saturated rings. The van der Waals surface area contributed by atoms with E-state index in [4.69, 9.17) is 0 Å². The van der Waals surface area contributed by atoms with E-state index in [1.165, 1.54) is 12.8 Å². The van der Waals surface area contributed by atoms with Crippen LogP contribution in [0.15, 0.2) is 0 Å². The van der Waals surface area contributed by atoms with Gasteiger partial charge in [0.1, 0.15) is 5.82 Å². The van der Waals surface area contributed by atoms with Crippen molar-refractivity contribution in [3.8, 4) is 0 Å². The van der Waals surface area contributed by atoms with Crippen LogP contribution in [0.2, 0.25) is 0 Å². The fourth-order valence-electron chi connectivity index (χ4n) is 2.60. The SMILES string of the molecule is CC(CN1CCCC1)NC(=O)c1n[nH]c(C2CC2)n1. The van der Waals surface area contributed by atoms with Gasteiger partial charge in [0.15, 0.2) is 0 Å². The largest absolute Gasteiger partial charge is 0.346 e. The molecular weight excluding hydrogens is 242 g/mol. The van der Waals surface area contributed by atoms with E-state index in [0.717, 1.165) is 38.3 Å². The number of carbonyl (C=O) groups is 1. The van der Waals surface area contributed by atoms with Crippen molar-refractivity contribution in [2.75, 3.05) is 19.6 Å². The molecule has 0 aromatic carbocycles. The maximum Gasteiger partial charge on any atom is 0.291 e. The van der Waals surface area contributed by atoms with Crippen LogP contribution in [0.1, 0.15) is 55.0 Å². The van der Waals surface area contributed by atoms with Crippen molar-refractivity contribution in [2.45, 2.75) is 44.6 Å². The molecule has 104 valence electrons. The Morgan fingerprint density at radius 2 is 2.21 bits per heavy atom. The molecule has 6 nitrogen and oxygen atoms in total. The molecule has 3 rings (SSSR count). The van der Waals surface area contributed by atoms with Gasteiger partial charge >= 0.3 is 0 Å². The number of likely N-dealkylation sites (tertiary alicyclic amines) is 1. The molecule has 1 saturated heterocycles. The van der Waals surface area contributed by atoms with Crippen LogP contribution in [0.5, 0.6) is 0 Å². The summed E-state index contributed by atoms with van der Waals surface area (Å²) in [7, 11) is 0. The second kappa shape index (κ2) is 5.28. The van der Waals surface area contributed by atoms with Gasteiger partial charge in [-0.25, -0.2) is 4.98 Å². The van der Waals surface area contributed by atoms with E-state index in [1.54, 1.807) is 0 Å². The predicted octanol–water partition coefficient (Wildman–Crippen LogP) is 0.896. The first kappa shape index (κ1) is 12.6. The lowest BCUT2D eigenvalue weighted by Gasteiger charge is -2.20. The molecule has 0 spiro atoms. The van der Waals surface area contributed by atoms with Crippen molar-refractivity contribution in [2.24, 2.45) is 0 Å². The summed E-state index contributed by atoms with van der Waals surface area (Å²) in [6.07, 6.45) is 4.85. The summed E-state index contributed by atoms with van der Waals surface area (Å²) in [6.45, 7) is 5.23. The Hall–Kier alpha value is -1.43. The highest BCUT2D eigenvalue weighted by Crippen LogP contribution is 2.37. The van der Waals surface area contributed by atoms with Gasteiger partial charge in [-0.2, -0.15) is 0 Å². The number of carbonyl (C=O) groups excluding carboxylic acids is 1. The molecule has 1 aliphatic carbocycles. The molecule has 0 bridgehead atoms. The topological polar surface area (TPSA) is 73.9 Å². The smallest absolute Gasteiger partial charge is 0.291 e. The minimum absolute atomic E-state index is 0.133. The van der Waals surface area contributed by atoms with E-state index < -0.39 is 0 Å². The second-order valence-corrected chi connectivity index (χ2v) is 5.70. The van der Waals surface area contributed by atoms with E-state index in [9.17, 15) is 4.79 Å². The summed E-state index contributed by atoms with van der Waals surface area (Å²) in [5.41, 5.74) is 0. The maximum absolute atomic E-state index is 12.0. The molecule has 1 aromatic heterocycles. The number of hydrogen-bond donors (Lipinski definition) is 2. The zero-order chi connectivity index (χ0) is 13.2. The van der Waals surface area contributed by atoms with Gasteiger partial charge in [-0.05, 0) is 45.7 Å². The Morgan fingerprint density at radius 3 is 2.89 bits per heavy atom. The number of aromatic amines is 1. The first-order valence-electron chi connectivity index (χ1n) is 7.18. The van der Waals surface area contributed by atoms with Gasteiger partial charge in [-0.15, -0.1) is 5.10 Å². The summed E-state index contributed by atoms with van der Waals surface area (Å²) in [4.78, 5) is 18.7. The molecule has 1 saturated carbocycles. The van der Waals surface area contributed by atoms with Crippen LogP contribution in [0.4, 0.5) is 0 Å². The molecule has 2 heterocycles. The number of hydrogen-bond acceptors (Lipinski definition) is 4. The van der Waals surface area contributed by atoms with Gasteiger partial charge < -0.3 is 10.2 Å². The summed E-state index contributed by atoms with van der Waals surface area (Å²) in [5, 5.41) is 9.83. The molecule has 2 N–H and O–H groups in total. The van der Waals surface area contributed by atoms with E-state index in [-0.39, 0.29) is 17.8 Å². The van der Waals surface area contributed by atoms with Crippen molar-refractivity contribution in [3.63, 3.8) is 0 Å². The zero-order valence-electron chi connectivity index (χ0n) is 11.4. The highest BCUT2D eigenvalue weighted by molar-refractivity contribution is 5.90. The normalized spacial score (nSPS) is 21.5. The van der Waals surface area contributed by atoms with Crippen LogP contribution in [0.25, 0.3) is 0 Å². The van der Waals surface area contributed by atoms with Crippen molar-refractivity contribution in [1.82, 2.24) is 25.4 Å². The Balaban J connectivity index is 1.51. The lowest BCUT2D eigenvalue weighted by molar-refractivity contribution is 0.0921. The molecule has 6 heteroatoms. The van der Waals surface area contributed by atoms with E-state index in [0.29, 0.717) is 5.92 Å². The average molecular weight is 263 g/mol. The summed E-state index contributed by atoms with van der Waals surface area (Å²) < 4.78 is 0. The fourth-order valence-corrected chi connectivity index (χ4v) is 2.60. The van der Waals surface area contributed by atoms with Crippen LogP contribution >= 0.6 is 0 Å². The molecule has 1 aromatic rings. The Labute approximate surface area is 113 Å². The van der Waals surface area contributed by atoms with Gasteiger partial charge in [-0.1, -0.05) is 0 Å². The van der Waals surface area contributed by atoms with E-state index in [2.05, 4.69) is 25.4 Å². The highest BCUT2D eigenvalue weighted by Gasteiger charge is 2.28. The quantitative estimate of drug-likeness (QED) is 0.827. The number of amides is 1. The lowest BCUT2D eigenvalue weighted by Crippen LogP contribution is -2.41. The van der Waals surface area contributed by atoms with Gasteiger partial charge in [0, 0.05) is 18.5 Å². The number of nitrogens with one attached hydrogen (secondary N) is 2. The molecule has 1 atom stereocenters. The highest BCUT2D eigenvalue weighted by atomic mass is 16.2. The van der Waals surface area contributed by atoms with Crippen LogP contribution < -0.4 is 5.32 Å². The van der Waals surface area contributed by atoms with Gasteiger partial charge in [0.25, 0.3) is 5.91 Å². The molecule has 1 aliphatic heterocycles. The Bertz CT molecular complexity index is 448. The molecule has 1 amide bonds. The maximum atomic E-state index is 12.0. The van der Waals surface area contributed by atoms with Crippen molar-refractivity contribution in [1.29, 1.82) is 0 Å². The van der Waals surface area contributed by atoms with Gasteiger partial charge in [0.05, 0.1) is 0 Å². The van der Waals surface area contributed by atoms with Crippen molar-refractivity contribution >= 4 is 5.91 Å². The first-order valence-corrected chi connectivity index (χ1v) is 7.18. The molecule has 2 aliphatic rings. The van der Waals surface area contributed by atoms with Gasteiger partial charge in [0.2, 0.25) is 5.82 Å². The molecule has 1 unspecified atom stereocenters. The summed E-state index contributed by atoms with van der Waals surface area (Å²) in [5.74, 6) is 1.46. The van der Waals surface area contributed by atoms with Crippen molar-refractivity contribution in [3.05, 3.63) is 11.6 Å². The monoisotopic (exact) mass is 263 g/mol. The molecule has 19 heavy (non-hydrogen) atoms. The Kier molecular flexibility index (Phi) is 3.50. The first-order chi connectivity index (χ1) is 9.22. The van der Waals surface area contributed by atoms with E-state index in [1.807, 2.05) is 6.92 Å². The van der Waals surface area contributed by atoms with Crippen molar-refractivity contribution < 1.29 is 4.79 Å².